The second kappa shape index (κ2) is 8.03. The van der Waals surface area contributed by atoms with E-state index in [1.165, 1.54) is 0 Å². The van der Waals surface area contributed by atoms with Gasteiger partial charge in [0.25, 0.3) is 0 Å². The molecule has 0 spiro atoms. The molecule has 0 aliphatic carbocycles. The van der Waals surface area contributed by atoms with E-state index in [2.05, 4.69) is 5.32 Å². The standard InChI is InChI=1S/C8H13F3N2O4S/c9-8(10,11)18-4-2-12-7(17)13-5(1-3-14)6(15)16/h5,14H,1-4H2,(H,15,16)(H2,12,13,17)/t5-/m0/s1. The van der Waals surface area contributed by atoms with Gasteiger partial charge >= 0.3 is 17.5 Å². The maximum Gasteiger partial charge on any atom is 0.441 e. The molecule has 0 aromatic carbocycles. The van der Waals surface area contributed by atoms with E-state index in [9.17, 15) is 22.8 Å². The number of aliphatic carboxylic acids is 1. The van der Waals surface area contributed by atoms with Crippen LogP contribution in [0.1, 0.15) is 6.42 Å². The molecule has 6 nitrogen and oxygen atoms in total. The minimum absolute atomic E-state index is 0.181. The number of carbonyl (C=O) groups excluding carboxylic acids is 1. The fraction of sp³-hybridized carbons (Fsp3) is 0.750. The van der Waals surface area contributed by atoms with Crippen molar-refractivity contribution in [3.05, 3.63) is 0 Å². The van der Waals surface area contributed by atoms with E-state index in [0.29, 0.717) is 0 Å². The summed E-state index contributed by atoms with van der Waals surface area (Å²) in [5.41, 5.74) is -4.36. The molecule has 0 heterocycles. The molecule has 0 saturated heterocycles. The molecule has 0 saturated carbocycles. The van der Waals surface area contributed by atoms with Crippen LogP contribution in [0, 0.1) is 0 Å². The number of hydrogen-bond donors (Lipinski definition) is 4. The highest BCUT2D eigenvalue weighted by Gasteiger charge is 2.27. The van der Waals surface area contributed by atoms with Crippen molar-refractivity contribution in [2.45, 2.75) is 18.0 Å². The topological polar surface area (TPSA) is 98.7 Å². The highest BCUT2D eigenvalue weighted by atomic mass is 32.2. The van der Waals surface area contributed by atoms with Crippen LogP contribution in [-0.4, -0.2) is 52.7 Å². The Morgan fingerprint density at radius 2 is 1.94 bits per heavy atom. The highest BCUT2D eigenvalue weighted by Crippen LogP contribution is 2.29. The van der Waals surface area contributed by atoms with Gasteiger partial charge in [-0.3, -0.25) is 0 Å². The SMILES string of the molecule is O=C(NCCSC(F)(F)F)N[C@@H](CCO)C(=O)O. The van der Waals surface area contributed by atoms with Crippen LogP contribution in [0.4, 0.5) is 18.0 Å². The summed E-state index contributed by atoms with van der Waals surface area (Å²) < 4.78 is 35.2. The third kappa shape index (κ3) is 8.93. The van der Waals surface area contributed by atoms with Gasteiger partial charge in [0, 0.05) is 25.3 Å². The van der Waals surface area contributed by atoms with Crippen LogP contribution in [0.25, 0.3) is 0 Å². The van der Waals surface area contributed by atoms with Gasteiger partial charge in [0.1, 0.15) is 6.04 Å². The Morgan fingerprint density at radius 1 is 1.33 bits per heavy atom. The molecule has 2 amide bonds. The molecule has 0 aromatic heterocycles. The molecule has 0 rings (SSSR count). The van der Waals surface area contributed by atoms with Gasteiger partial charge in [-0.15, -0.1) is 0 Å². The van der Waals surface area contributed by atoms with Gasteiger partial charge in [-0.25, -0.2) is 9.59 Å². The number of hydrogen-bond acceptors (Lipinski definition) is 4. The van der Waals surface area contributed by atoms with E-state index >= 15 is 0 Å². The zero-order valence-corrected chi connectivity index (χ0v) is 9.98. The van der Waals surface area contributed by atoms with Gasteiger partial charge in [-0.2, -0.15) is 13.2 Å². The van der Waals surface area contributed by atoms with E-state index in [0.717, 1.165) is 0 Å². The summed E-state index contributed by atoms with van der Waals surface area (Å²) in [6.45, 7) is -0.678. The molecular weight excluding hydrogens is 277 g/mol. The number of carboxylic acids is 1. The average molecular weight is 290 g/mol. The van der Waals surface area contributed by atoms with Crippen LogP contribution >= 0.6 is 11.8 Å². The van der Waals surface area contributed by atoms with E-state index in [-0.39, 0.29) is 30.5 Å². The molecule has 4 N–H and O–H groups in total. The van der Waals surface area contributed by atoms with Crippen molar-refractivity contribution in [1.82, 2.24) is 10.6 Å². The first-order valence-corrected chi connectivity index (χ1v) is 5.83. The fourth-order valence-electron chi connectivity index (χ4n) is 0.927. The first-order valence-electron chi connectivity index (χ1n) is 4.85. The number of urea groups is 1. The van der Waals surface area contributed by atoms with Crippen LogP contribution in [0.2, 0.25) is 0 Å². The number of aliphatic hydroxyl groups is 1. The van der Waals surface area contributed by atoms with Gasteiger partial charge < -0.3 is 20.8 Å². The Bertz CT molecular complexity index is 288. The molecule has 106 valence electrons. The summed E-state index contributed by atoms with van der Waals surface area (Å²) in [4.78, 5) is 21.7. The smallest absolute Gasteiger partial charge is 0.441 e. The Morgan fingerprint density at radius 3 is 2.39 bits per heavy atom. The van der Waals surface area contributed by atoms with E-state index in [1.54, 1.807) is 0 Å². The predicted molar refractivity (Wildman–Crippen MR) is 58.2 cm³/mol. The van der Waals surface area contributed by atoms with E-state index < -0.39 is 30.2 Å². The molecule has 0 unspecified atom stereocenters. The molecule has 10 heteroatoms. The van der Waals surface area contributed by atoms with Crippen LogP contribution in [0.3, 0.4) is 0 Å². The molecule has 0 aliphatic heterocycles. The number of thioether (sulfide) groups is 1. The second-order valence-electron chi connectivity index (χ2n) is 3.10. The number of carboxylic acid groups (broad SMARTS) is 1. The summed E-state index contributed by atoms with van der Waals surface area (Å²) in [5, 5.41) is 21.3. The zero-order chi connectivity index (χ0) is 14.2. The lowest BCUT2D eigenvalue weighted by molar-refractivity contribution is -0.139. The monoisotopic (exact) mass is 290 g/mol. The molecule has 0 bridgehead atoms. The number of amides is 2. The lowest BCUT2D eigenvalue weighted by Crippen LogP contribution is -2.46. The molecule has 18 heavy (non-hydrogen) atoms. The maximum atomic E-state index is 11.7. The molecule has 0 aliphatic rings. The number of carbonyl (C=O) groups is 2. The van der Waals surface area contributed by atoms with Crippen LogP contribution < -0.4 is 10.6 Å². The Hall–Kier alpha value is -1.16. The normalized spacial score (nSPS) is 12.9. The molecule has 1 atom stereocenters. The van der Waals surface area contributed by atoms with E-state index in [1.807, 2.05) is 5.32 Å². The zero-order valence-electron chi connectivity index (χ0n) is 9.16. The van der Waals surface area contributed by atoms with Crippen LogP contribution in [-0.2, 0) is 4.79 Å². The maximum absolute atomic E-state index is 11.7. The predicted octanol–water partition coefficient (Wildman–Crippen LogP) is 0.374. The third-order valence-electron chi connectivity index (χ3n) is 1.67. The van der Waals surface area contributed by atoms with Crippen molar-refractivity contribution in [2.24, 2.45) is 0 Å². The minimum Gasteiger partial charge on any atom is -0.480 e. The first kappa shape index (κ1) is 16.8. The second-order valence-corrected chi connectivity index (χ2v) is 4.26. The van der Waals surface area contributed by atoms with Crippen LogP contribution in [0.5, 0.6) is 0 Å². The quantitative estimate of drug-likeness (QED) is 0.508. The number of nitrogens with one attached hydrogen (secondary N) is 2. The van der Waals surface area contributed by atoms with Crippen molar-refractivity contribution < 1.29 is 33.0 Å². The molecule has 0 fully saturated rings. The van der Waals surface area contributed by atoms with Crippen molar-refractivity contribution in [2.75, 3.05) is 18.9 Å². The summed E-state index contributed by atoms with van der Waals surface area (Å²) in [6.07, 6.45) is -0.181. The first-order chi connectivity index (χ1) is 8.26. The third-order valence-corrected chi connectivity index (χ3v) is 2.41. The molecule has 0 radical (unpaired) electrons. The molecular formula is C8H13F3N2O4S. The van der Waals surface area contributed by atoms with Crippen molar-refractivity contribution >= 4 is 23.8 Å². The lowest BCUT2D eigenvalue weighted by atomic mass is 10.2. The number of halogens is 3. The van der Waals surface area contributed by atoms with Crippen LogP contribution in [0.15, 0.2) is 0 Å². The van der Waals surface area contributed by atoms with Crippen molar-refractivity contribution in [3.8, 4) is 0 Å². The van der Waals surface area contributed by atoms with Gasteiger partial charge in [0.15, 0.2) is 0 Å². The lowest BCUT2D eigenvalue weighted by Gasteiger charge is -2.14. The summed E-state index contributed by atoms with van der Waals surface area (Å²) in [5.74, 6) is -1.70. The van der Waals surface area contributed by atoms with Crippen molar-refractivity contribution in [3.63, 3.8) is 0 Å². The average Bonchev–Trinajstić information content (AvgIpc) is 2.22. The Balaban J connectivity index is 3.85. The number of rotatable bonds is 7. The highest BCUT2D eigenvalue weighted by molar-refractivity contribution is 8.00. The summed E-state index contributed by atoms with van der Waals surface area (Å²) in [6, 6.07) is -2.16. The van der Waals surface area contributed by atoms with Gasteiger partial charge in [-0.1, -0.05) is 0 Å². The largest absolute Gasteiger partial charge is 0.480 e. The number of aliphatic hydroxyl groups excluding tert-OH is 1. The van der Waals surface area contributed by atoms with E-state index in [4.69, 9.17) is 10.2 Å². The Labute approximate surface area is 105 Å². The van der Waals surface area contributed by atoms with Crippen molar-refractivity contribution in [1.29, 1.82) is 0 Å². The summed E-state index contributed by atoms with van der Waals surface area (Å²) >= 11 is -0.288. The number of alkyl halides is 3. The van der Waals surface area contributed by atoms with Gasteiger partial charge in [0.2, 0.25) is 0 Å². The van der Waals surface area contributed by atoms with Gasteiger partial charge in [0.05, 0.1) is 0 Å². The fourth-order valence-corrected chi connectivity index (χ4v) is 1.36. The molecule has 0 aromatic rings. The van der Waals surface area contributed by atoms with Gasteiger partial charge in [-0.05, 0) is 11.8 Å². The minimum atomic E-state index is -4.36. The summed E-state index contributed by atoms with van der Waals surface area (Å²) in [7, 11) is 0. The Kier molecular flexibility index (Phi) is 7.51.